The number of aromatic nitrogens is 4. The van der Waals surface area contributed by atoms with E-state index in [0.29, 0.717) is 38.4 Å². The normalized spacial score (nSPS) is 19.3. The van der Waals surface area contributed by atoms with E-state index in [0.717, 1.165) is 42.0 Å². The average Bonchev–Trinajstić information content (AvgIpc) is 3.01. The molecule has 16 heteroatoms. The predicted octanol–water partition coefficient (Wildman–Crippen LogP) is 6.84. The molecule has 0 atom stereocenters. The Morgan fingerprint density at radius 1 is 1.06 bits per heavy atom. The third-order valence-electron chi connectivity index (χ3n) is 9.94. The van der Waals surface area contributed by atoms with Crippen molar-refractivity contribution in [3.05, 3.63) is 58.4 Å². The third-order valence-corrected chi connectivity index (χ3v) is 10.1. The van der Waals surface area contributed by atoms with Gasteiger partial charge in [-0.3, -0.25) is 9.78 Å². The standard InChI is InChI=1S/C36H41ClF3N7O5/c1-20(2)47(22-13-36(39,40)14-22)31(48)25-12-21(38)6-7-27(25)51-30-29(42-32(37)44-43-30)46-18-35(19-46)15-23(16-35)50-28-8-10-41-26-17-45(11-9-24(26)28)33(49)52-34(3,4)5/h6-8,10,12,20,22-23H,9,11,13-19H2,1-5H3. The number of amides is 2. The minimum atomic E-state index is -2.84. The maximum Gasteiger partial charge on any atom is 0.410 e. The number of hydrogen-bond acceptors (Lipinski definition) is 10. The van der Waals surface area contributed by atoms with E-state index in [1.165, 1.54) is 11.0 Å². The molecule has 3 fully saturated rings. The number of halogens is 4. The van der Waals surface area contributed by atoms with Gasteiger partial charge in [0.25, 0.3) is 17.7 Å². The third kappa shape index (κ3) is 7.28. The van der Waals surface area contributed by atoms with E-state index >= 15 is 0 Å². The van der Waals surface area contributed by atoms with Gasteiger partial charge in [-0.25, -0.2) is 18.0 Å². The number of hydrogen-bond donors (Lipinski definition) is 0. The number of carbonyl (C=O) groups is 2. The maximum atomic E-state index is 14.5. The second kappa shape index (κ2) is 13.2. The van der Waals surface area contributed by atoms with Gasteiger partial charge < -0.3 is 28.9 Å². The molecule has 7 rings (SSSR count). The van der Waals surface area contributed by atoms with Crippen molar-refractivity contribution in [2.24, 2.45) is 5.41 Å². The number of pyridine rings is 1. The van der Waals surface area contributed by atoms with Crippen LogP contribution in [0.5, 0.6) is 17.4 Å². The molecule has 278 valence electrons. The summed E-state index contributed by atoms with van der Waals surface area (Å²) >= 11 is 6.16. The van der Waals surface area contributed by atoms with Gasteiger partial charge in [0.2, 0.25) is 5.28 Å². The van der Waals surface area contributed by atoms with Gasteiger partial charge in [0, 0.05) is 61.7 Å². The van der Waals surface area contributed by atoms with Crippen LogP contribution < -0.4 is 14.4 Å². The molecule has 1 aromatic carbocycles. The summed E-state index contributed by atoms with van der Waals surface area (Å²) in [7, 11) is 0. The molecule has 2 amide bonds. The molecule has 0 radical (unpaired) electrons. The number of anilines is 1. The molecule has 0 unspecified atom stereocenters. The number of alkyl halides is 2. The van der Waals surface area contributed by atoms with E-state index in [1.54, 1.807) is 24.9 Å². The van der Waals surface area contributed by atoms with Gasteiger partial charge in [0.1, 0.15) is 29.0 Å². The van der Waals surface area contributed by atoms with Crippen LogP contribution in [0.4, 0.5) is 23.8 Å². The number of fused-ring (bicyclic) bond motifs is 1. The topological polar surface area (TPSA) is 123 Å². The molecular formula is C36H41ClF3N7O5. The van der Waals surface area contributed by atoms with Crippen molar-refractivity contribution in [2.45, 2.75) is 103 Å². The zero-order chi connectivity index (χ0) is 37.2. The van der Waals surface area contributed by atoms with Crippen molar-refractivity contribution in [1.82, 2.24) is 30.0 Å². The number of rotatable bonds is 8. The van der Waals surface area contributed by atoms with E-state index in [1.807, 2.05) is 31.7 Å². The molecule has 4 heterocycles. The Labute approximate surface area is 304 Å². The van der Waals surface area contributed by atoms with Gasteiger partial charge in [-0.15, -0.1) is 10.2 Å². The second-order valence-corrected chi connectivity index (χ2v) is 15.9. The number of nitrogens with zero attached hydrogens (tertiary/aromatic N) is 7. The van der Waals surface area contributed by atoms with Crippen LogP contribution in [-0.2, 0) is 17.7 Å². The first-order valence-electron chi connectivity index (χ1n) is 17.4. The molecule has 0 bridgehead atoms. The quantitative estimate of drug-likeness (QED) is 0.242. The van der Waals surface area contributed by atoms with Crippen LogP contribution in [0.1, 0.15) is 81.9 Å². The fourth-order valence-corrected chi connectivity index (χ4v) is 7.69. The van der Waals surface area contributed by atoms with Gasteiger partial charge in [-0.05, 0) is 89.7 Å². The summed E-state index contributed by atoms with van der Waals surface area (Å²) in [5.41, 5.74) is 1.07. The molecule has 2 aliphatic heterocycles. The summed E-state index contributed by atoms with van der Waals surface area (Å²) in [6, 6.07) is 4.25. The molecule has 52 heavy (non-hydrogen) atoms. The fourth-order valence-electron chi connectivity index (χ4n) is 7.57. The lowest BCUT2D eigenvalue weighted by molar-refractivity contribution is -0.120. The van der Waals surface area contributed by atoms with Crippen LogP contribution in [-0.4, -0.2) is 91.3 Å². The van der Waals surface area contributed by atoms with E-state index in [9.17, 15) is 22.8 Å². The summed E-state index contributed by atoms with van der Waals surface area (Å²) in [6.45, 7) is 11.1. The molecule has 0 N–H and O–H groups in total. The first-order chi connectivity index (χ1) is 24.5. The summed E-state index contributed by atoms with van der Waals surface area (Å²) < 4.78 is 60.1. The van der Waals surface area contributed by atoms with Crippen LogP contribution in [0.15, 0.2) is 30.5 Å². The zero-order valence-corrected chi connectivity index (χ0v) is 30.4. The molecule has 1 spiro atoms. The second-order valence-electron chi connectivity index (χ2n) is 15.6. The van der Waals surface area contributed by atoms with Gasteiger partial charge in [-0.1, -0.05) is 0 Å². The number of ether oxygens (including phenoxy) is 3. The van der Waals surface area contributed by atoms with E-state index in [2.05, 4.69) is 20.2 Å². The van der Waals surface area contributed by atoms with Crippen molar-refractivity contribution in [3.63, 3.8) is 0 Å². The van der Waals surface area contributed by atoms with Crippen LogP contribution in [0, 0.1) is 11.2 Å². The van der Waals surface area contributed by atoms with E-state index < -0.39 is 48.2 Å². The van der Waals surface area contributed by atoms with Crippen molar-refractivity contribution >= 4 is 29.4 Å². The Kier molecular flexibility index (Phi) is 9.15. The maximum absolute atomic E-state index is 14.5. The van der Waals surface area contributed by atoms with E-state index in [-0.39, 0.29) is 40.1 Å². The van der Waals surface area contributed by atoms with Crippen LogP contribution >= 0.6 is 11.6 Å². The molecule has 2 saturated carbocycles. The Morgan fingerprint density at radius 3 is 2.46 bits per heavy atom. The van der Waals surface area contributed by atoms with Crippen molar-refractivity contribution < 1.29 is 37.0 Å². The summed E-state index contributed by atoms with van der Waals surface area (Å²) in [4.78, 5) is 40.2. The lowest BCUT2D eigenvalue weighted by Crippen LogP contribution is -2.65. The van der Waals surface area contributed by atoms with Crippen LogP contribution in [0.3, 0.4) is 0 Å². The SMILES string of the molecule is CC(C)N(C(=O)c1cc(F)ccc1Oc1nnc(Cl)nc1N1CC2(CC(Oc3ccnc4c3CCN(C(=O)OC(C)(C)C)C4)C2)C1)C1CC(F)(F)C1. The summed E-state index contributed by atoms with van der Waals surface area (Å²) in [6.07, 6.45) is 2.63. The first-order valence-corrected chi connectivity index (χ1v) is 17.8. The molecule has 4 aliphatic rings. The monoisotopic (exact) mass is 743 g/mol. The lowest BCUT2D eigenvalue weighted by Gasteiger charge is -2.58. The van der Waals surface area contributed by atoms with Gasteiger partial charge in [-0.2, -0.15) is 4.98 Å². The molecule has 12 nitrogen and oxygen atoms in total. The predicted molar refractivity (Wildman–Crippen MR) is 183 cm³/mol. The lowest BCUT2D eigenvalue weighted by atomic mass is 9.61. The summed E-state index contributed by atoms with van der Waals surface area (Å²) in [5, 5.41) is 7.85. The molecule has 2 aliphatic carbocycles. The highest BCUT2D eigenvalue weighted by molar-refractivity contribution is 6.28. The fraction of sp³-hybridized carbons (Fsp3) is 0.556. The van der Waals surface area contributed by atoms with Crippen molar-refractivity contribution in [3.8, 4) is 17.4 Å². The summed E-state index contributed by atoms with van der Waals surface area (Å²) in [5.74, 6) is -3.09. The smallest absolute Gasteiger partial charge is 0.410 e. The Bertz CT molecular complexity index is 1870. The van der Waals surface area contributed by atoms with Crippen molar-refractivity contribution in [2.75, 3.05) is 24.5 Å². The largest absolute Gasteiger partial charge is 0.490 e. The Morgan fingerprint density at radius 2 is 1.79 bits per heavy atom. The van der Waals surface area contributed by atoms with Gasteiger partial charge in [0.05, 0.1) is 17.8 Å². The van der Waals surface area contributed by atoms with Crippen molar-refractivity contribution in [1.29, 1.82) is 0 Å². The van der Waals surface area contributed by atoms with Gasteiger partial charge >= 0.3 is 6.09 Å². The minimum Gasteiger partial charge on any atom is -0.490 e. The first kappa shape index (κ1) is 36.0. The molecular weight excluding hydrogens is 703 g/mol. The molecule has 1 saturated heterocycles. The minimum absolute atomic E-state index is 0.00678. The Hall–Kier alpha value is -4.40. The number of benzene rings is 1. The Balaban J connectivity index is 1.00. The molecule has 3 aromatic rings. The van der Waals surface area contributed by atoms with Crippen LogP contribution in [0.25, 0.3) is 0 Å². The zero-order valence-electron chi connectivity index (χ0n) is 29.7. The molecule has 2 aromatic heterocycles. The highest BCUT2D eigenvalue weighted by Crippen LogP contribution is 2.52. The van der Waals surface area contributed by atoms with Crippen LogP contribution in [0.2, 0.25) is 5.28 Å². The average molecular weight is 744 g/mol. The highest BCUT2D eigenvalue weighted by atomic mass is 35.5. The van der Waals surface area contributed by atoms with E-state index in [4.69, 9.17) is 25.8 Å². The highest BCUT2D eigenvalue weighted by Gasteiger charge is 2.55. The number of carbonyl (C=O) groups excluding carboxylic acids is 2. The van der Waals surface area contributed by atoms with Gasteiger partial charge in [0.15, 0.2) is 5.82 Å².